The summed E-state index contributed by atoms with van der Waals surface area (Å²) in [4.78, 5) is 33.5. The number of aromatic nitrogens is 2. The number of benzene rings is 1. The molecule has 2 heterocycles. The van der Waals surface area contributed by atoms with Crippen molar-refractivity contribution >= 4 is 39.6 Å². The number of nitrogens with zero attached hydrogens (tertiary/aromatic N) is 2. The predicted octanol–water partition coefficient (Wildman–Crippen LogP) is 3.78. The average molecular weight is 422 g/mol. The Morgan fingerprint density at radius 2 is 1.89 bits per heavy atom. The van der Waals surface area contributed by atoms with Crippen molar-refractivity contribution in [3.63, 3.8) is 0 Å². The molecule has 0 radical (unpaired) electrons. The molecule has 28 heavy (non-hydrogen) atoms. The number of nitrogens with one attached hydrogen (secondary N) is 2. The molecule has 0 unspecified atom stereocenters. The number of amides is 2. The highest BCUT2D eigenvalue weighted by atomic mass is 32.1. The Kier molecular flexibility index (Phi) is 6.10. The maximum absolute atomic E-state index is 13.7. The summed E-state index contributed by atoms with van der Waals surface area (Å²) in [5.41, 5.74) is 0.485. The molecule has 0 aliphatic heterocycles. The SMILES string of the molecule is CCNC(=O)c1nc(C)sc1-c1csc(NC(=O)Cc2c(F)cccc2F)n1. The van der Waals surface area contributed by atoms with Crippen molar-refractivity contribution in [1.29, 1.82) is 0 Å². The third-order valence-corrected chi connectivity index (χ3v) is 5.42. The monoisotopic (exact) mass is 422 g/mol. The summed E-state index contributed by atoms with van der Waals surface area (Å²) < 4.78 is 27.4. The summed E-state index contributed by atoms with van der Waals surface area (Å²) in [5, 5.41) is 7.91. The molecule has 0 saturated carbocycles. The molecule has 1 aromatic carbocycles. The first-order chi connectivity index (χ1) is 13.4. The molecule has 0 atom stereocenters. The minimum absolute atomic E-state index is 0.268. The number of thiazole rings is 2. The Balaban J connectivity index is 1.76. The Morgan fingerprint density at radius 3 is 2.57 bits per heavy atom. The first-order valence-corrected chi connectivity index (χ1v) is 10.0. The number of aryl methyl sites for hydroxylation is 1. The fraction of sp³-hybridized carbons (Fsp3) is 0.222. The van der Waals surface area contributed by atoms with Gasteiger partial charge in [-0.05, 0) is 26.0 Å². The van der Waals surface area contributed by atoms with Gasteiger partial charge in [0.25, 0.3) is 5.91 Å². The van der Waals surface area contributed by atoms with E-state index in [2.05, 4.69) is 20.6 Å². The number of halogens is 2. The maximum atomic E-state index is 13.7. The standard InChI is InChI=1S/C18H16F2N4O2S2/c1-3-21-17(26)15-16(28-9(2)22-15)13-8-27-18(23-13)24-14(25)7-10-11(19)5-4-6-12(10)20/h4-6,8H,3,7H2,1-2H3,(H,21,26)(H,23,24,25). The number of hydrogen-bond donors (Lipinski definition) is 2. The van der Waals surface area contributed by atoms with E-state index in [9.17, 15) is 18.4 Å². The van der Waals surface area contributed by atoms with Gasteiger partial charge in [-0.1, -0.05) is 6.07 Å². The van der Waals surface area contributed by atoms with Crippen LogP contribution < -0.4 is 10.6 Å². The summed E-state index contributed by atoms with van der Waals surface area (Å²) in [5.74, 6) is -2.44. The zero-order valence-corrected chi connectivity index (χ0v) is 16.6. The molecule has 0 spiro atoms. The van der Waals surface area contributed by atoms with Crippen molar-refractivity contribution in [1.82, 2.24) is 15.3 Å². The van der Waals surface area contributed by atoms with Crippen LogP contribution in [0.4, 0.5) is 13.9 Å². The second-order valence-corrected chi connectivity index (χ2v) is 7.79. The van der Waals surface area contributed by atoms with Crippen molar-refractivity contribution < 1.29 is 18.4 Å². The van der Waals surface area contributed by atoms with Gasteiger partial charge in [0.05, 0.1) is 22.0 Å². The summed E-state index contributed by atoms with van der Waals surface area (Å²) >= 11 is 2.47. The van der Waals surface area contributed by atoms with Crippen LogP contribution in [0.1, 0.15) is 28.0 Å². The average Bonchev–Trinajstić information content (AvgIpc) is 3.25. The third kappa shape index (κ3) is 4.39. The molecule has 0 saturated heterocycles. The van der Waals surface area contributed by atoms with Gasteiger partial charge in [-0.25, -0.2) is 18.7 Å². The normalized spacial score (nSPS) is 10.7. The van der Waals surface area contributed by atoms with Gasteiger partial charge in [0.15, 0.2) is 5.13 Å². The van der Waals surface area contributed by atoms with Gasteiger partial charge in [0, 0.05) is 17.5 Å². The van der Waals surface area contributed by atoms with Gasteiger partial charge in [-0.3, -0.25) is 9.59 Å². The summed E-state index contributed by atoms with van der Waals surface area (Å²) in [6.07, 6.45) is -0.447. The van der Waals surface area contributed by atoms with Crippen molar-refractivity contribution in [2.45, 2.75) is 20.3 Å². The molecular weight excluding hydrogens is 406 g/mol. The highest BCUT2D eigenvalue weighted by Gasteiger charge is 2.20. The molecule has 146 valence electrons. The Labute approximate surface area is 167 Å². The summed E-state index contributed by atoms with van der Waals surface area (Å²) in [6.45, 7) is 4.07. The first kappa shape index (κ1) is 20.0. The fourth-order valence-electron chi connectivity index (χ4n) is 2.46. The molecule has 0 aliphatic carbocycles. The van der Waals surface area contributed by atoms with Crippen molar-refractivity contribution in [3.8, 4) is 10.6 Å². The zero-order valence-electron chi connectivity index (χ0n) is 15.0. The molecule has 0 bridgehead atoms. The van der Waals surface area contributed by atoms with Crippen LogP contribution in [0.15, 0.2) is 23.6 Å². The number of hydrogen-bond acceptors (Lipinski definition) is 6. The number of anilines is 1. The van der Waals surface area contributed by atoms with E-state index < -0.39 is 24.0 Å². The van der Waals surface area contributed by atoms with Crippen LogP contribution >= 0.6 is 22.7 Å². The van der Waals surface area contributed by atoms with Gasteiger partial charge in [-0.2, -0.15) is 0 Å². The number of rotatable bonds is 6. The molecule has 0 fully saturated rings. The summed E-state index contributed by atoms with van der Waals surface area (Å²) in [7, 11) is 0. The van der Waals surface area contributed by atoms with Crippen LogP contribution in [-0.2, 0) is 11.2 Å². The van der Waals surface area contributed by atoms with Gasteiger partial charge >= 0.3 is 0 Å². The lowest BCUT2D eigenvalue weighted by atomic mass is 10.1. The van der Waals surface area contributed by atoms with E-state index in [0.29, 0.717) is 22.1 Å². The second-order valence-electron chi connectivity index (χ2n) is 5.73. The number of carbonyl (C=O) groups is 2. The van der Waals surface area contributed by atoms with E-state index in [-0.39, 0.29) is 22.3 Å². The topological polar surface area (TPSA) is 84.0 Å². The van der Waals surface area contributed by atoms with Crippen molar-refractivity contribution in [3.05, 3.63) is 51.5 Å². The van der Waals surface area contributed by atoms with Crippen LogP contribution in [0.2, 0.25) is 0 Å². The minimum Gasteiger partial charge on any atom is -0.351 e. The lowest BCUT2D eigenvalue weighted by molar-refractivity contribution is -0.115. The predicted molar refractivity (Wildman–Crippen MR) is 105 cm³/mol. The second kappa shape index (κ2) is 8.53. The number of carbonyl (C=O) groups excluding carboxylic acids is 2. The smallest absolute Gasteiger partial charge is 0.271 e. The minimum atomic E-state index is -0.776. The Hall–Kier alpha value is -2.72. The molecule has 3 aromatic rings. The van der Waals surface area contributed by atoms with Crippen molar-refractivity contribution in [2.24, 2.45) is 0 Å². The maximum Gasteiger partial charge on any atom is 0.271 e. The first-order valence-electron chi connectivity index (χ1n) is 8.33. The Morgan fingerprint density at radius 1 is 1.18 bits per heavy atom. The van der Waals surface area contributed by atoms with Crippen LogP contribution in [0, 0.1) is 18.6 Å². The molecule has 0 aliphatic rings. The van der Waals surface area contributed by atoms with Gasteiger partial charge in [0.1, 0.15) is 17.3 Å². The van der Waals surface area contributed by atoms with E-state index in [1.807, 2.05) is 6.92 Å². The summed E-state index contributed by atoms with van der Waals surface area (Å²) in [6, 6.07) is 3.44. The van der Waals surface area contributed by atoms with Crippen LogP contribution in [0.25, 0.3) is 10.6 Å². The Bertz CT molecular complexity index is 1010. The largest absolute Gasteiger partial charge is 0.351 e. The van der Waals surface area contributed by atoms with Crippen LogP contribution in [-0.4, -0.2) is 28.3 Å². The highest BCUT2D eigenvalue weighted by Crippen LogP contribution is 2.32. The van der Waals surface area contributed by atoms with Crippen LogP contribution in [0.3, 0.4) is 0 Å². The highest BCUT2D eigenvalue weighted by molar-refractivity contribution is 7.17. The van der Waals surface area contributed by atoms with E-state index in [1.165, 1.54) is 17.4 Å². The lowest BCUT2D eigenvalue weighted by Crippen LogP contribution is -2.23. The van der Waals surface area contributed by atoms with E-state index >= 15 is 0 Å². The van der Waals surface area contributed by atoms with Gasteiger partial charge in [-0.15, -0.1) is 22.7 Å². The third-order valence-electron chi connectivity index (χ3n) is 3.67. The molecule has 2 N–H and O–H groups in total. The van der Waals surface area contributed by atoms with Gasteiger partial charge in [0.2, 0.25) is 5.91 Å². The van der Waals surface area contributed by atoms with Crippen molar-refractivity contribution in [2.75, 3.05) is 11.9 Å². The quantitative estimate of drug-likeness (QED) is 0.633. The van der Waals surface area contributed by atoms with E-state index in [0.717, 1.165) is 23.5 Å². The fourth-order valence-corrected chi connectivity index (χ4v) is 4.13. The zero-order chi connectivity index (χ0) is 20.3. The molecule has 3 rings (SSSR count). The molecular formula is C18H16F2N4O2S2. The molecule has 2 amide bonds. The molecule has 2 aromatic heterocycles. The van der Waals surface area contributed by atoms with E-state index in [1.54, 1.807) is 12.3 Å². The van der Waals surface area contributed by atoms with E-state index in [4.69, 9.17) is 0 Å². The van der Waals surface area contributed by atoms with Crippen LogP contribution in [0.5, 0.6) is 0 Å². The molecule has 10 heteroatoms. The molecule has 6 nitrogen and oxygen atoms in total. The lowest BCUT2D eigenvalue weighted by Gasteiger charge is -2.04. The van der Waals surface area contributed by atoms with Gasteiger partial charge < -0.3 is 10.6 Å².